The summed E-state index contributed by atoms with van der Waals surface area (Å²) in [5.74, 6) is 0.979. The van der Waals surface area contributed by atoms with Gasteiger partial charge in [-0.2, -0.15) is 4.98 Å². The van der Waals surface area contributed by atoms with Crippen molar-refractivity contribution in [2.45, 2.75) is 38.8 Å². The number of amides is 1. The molecule has 11 heteroatoms. The highest BCUT2D eigenvalue weighted by Gasteiger charge is 2.27. The van der Waals surface area contributed by atoms with Gasteiger partial charge >= 0.3 is 0 Å². The Bertz CT molecular complexity index is 1980. The number of carbonyl (C=O) groups excluding carboxylic acids is 1. The summed E-state index contributed by atoms with van der Waals surface area (Å²) >= 11 is 0. The molecule has 0 aliphatic carbocycles. The van der Waals surface area contributed by atoms with Gasteiger partial charge in [0.1, 0.15) is 11.1 Å². The molecule has 3 aromatic heterocycles. The third-order valence-corrected chi connectivity index (χ3v) is 8.89. The monoisotopic (exact) mass is 590 g/mol. The first-order valence-corrected chi connectivity index (χ1v) is 15.4. The third-order valence-electron chi connectivity index (χ3n) is 8.89. The molecule has 2 aromatic carbocycles. The lowest BCUT2D eigenvalue weighted by Crippen LogP contribution is -2.39. The Kier molecular flexibility index (Phi) is 6.67. The molecule has 6 heterocycles. The molecule has 0 radical (unpaired) electrons. The molecule has 2 bridgehead atoms. The SMILES string of the molecule is O=C1COc2ccc3cc2N1CCC/C=C\Cn1c(=O)c2cnc(Nc4ccc5c(ccn5CCN5CCCC5)c4)nc2n1-3. The number of rotatable bonds is 5. The minimum Gasteiger partial charge on any atom is -0.482 e. The minimum atomic E-state index is -0.174. The fourth-order valence-corrected chi connectivity index (χ4v) is 6.60. The zero-order valence-corrected chi connectivity index (χ0v) is 24.5. The number of hydrogen-bond acceptors (Lipinski definition) is 7. The van der Waals surface area contributed by atoms with Crippen LogP contribution in [0.2, 0.25) is 0 Å². The van der Waals surface area contributed by atoms with Crippen LogP contribution in [-0.4, -0.2) is 67.5 Å². The molecule has 1 amide bonds. The molecular formula is C33H34N8O3. The molecule has 224 valence electrons. The Balaban J connectivity index is 1.15. The van der Waals surface area contributed by atoms with Crippen molar-refractivity contribution in [1.82, 2.24) is 28.8 Å². The van der Waals surface area contributed by atoms with Crippen LogP contribution in [0.4, 0.5) is 17.3 Å². The lowest BCUT2D eigenvalue weighted by Gasteiger charge is -2.30. The van der Waals surface area contributed by atoms with Crippen molar-refractivity contribution in [3.05, 3.63) is 77.4 Å². The number of hydrogen-bond donors (Lipinski definition) is 1. The minimum absolute atomic E-state index is 0.0245. The molecule has 0 atom stereocenters. The average Bonchev–Trinajstić information content (AvgIpc) is 3.76. The van der Waals surface area contributed by atoms with Gasteiger partial charge in [0.2, 0.25) is 5.95 Å². The maximum Gasteiger partial charge on any atom is 0.278 e. The number of ether oxygens (including phenoxy) is 1. The average molecular weight is 591 g/mol. The van der Waals surface area contributed by atoms with E-state index in [4.69, 9.17) is 9.72 Å². The number of aromatic nitrogens is 5. The van der Waals surface area contributed by atoms with E-state index in [0.717, 1.165) is 42.7 Å². The molecule has 3 aliphatic rings. The van der Waals surface area contributed by atoms with Crippen LogP contribution in [0, 0.1) is 0 Å². The summed E-state index contributed by atoms with van der Waals surface area (Å²) in [5.41, 5.74) is 3.80. The molecule has 11 nitrogen and oxygen atoms in total. The van der Waals surface area contributed by atoms with Gasteiger partial charge in [-0.15, -0.1) is 0 Å². The second-order valence-electron chi connectivity index (χ2n) is 11.7. The van der Waals surface area contributed by atoms with E-state index in [1.54, 1.807) is 15.8 Å². The highest BCUT2D eigenvalue weighted by molar-refractivity contribution is 5.98. The van der Waals surface area contributed by atoms with Gasteiger partial charge in [-0.1, -0.05) is 12.2 Å². The Morgan fingerprint density at radius 1 is 0.932 bits per heavy atom. The van der Waals surface area contributed by atoms with E-state index in [9.17, 15) is 9.59 Å². The number of nitrogens with zero attached hydrogens (tertiary/aromatic N) is 7. The predicted molar refractivity (Wildman–Crippen MR) is 170 cm³/mol. The van der Waals surface area contributed by atoms with Crippen molar-refractivity contribution in [1.29, 1.82) is 0 Å². The topological polar surface area (TPSA) is 102 Å². The summed E-state index contributed by atoms with van der Waals surface area (Å²) < 4.78 is 11.5. The summed E-state index contributed by atoms with van der Waals surface area (Å²) in [6.07, 6.45) is 12.0. The predicted octanol–water partition coefficient (Wildman–Crippen LogP) is 4.45. The number of allylic oxidation sites excluding steroid dienone is 2. The van der Waals surface area contributed by atoms with E-state index in [1.165, 1.54) is 31.4 Å². The van der Waals surface area contributed by atoms with Gasteiger partial charge in [-0.05, 0) is 81.2 Å². The van der Waals surface area contributed by atoms with Crippen LogP contribution in [0.25, 0.3) is 27.6 Å². The van der Waals surface area contributed by atoms with Crippen LogP contribution < -0.4 is 20.5 Å². The molecular weight excluding hydrogens is 556 g/mol. The molecule has 0 saturated carbocycles. The van der Waals surface area contributed by atoms with Crippen LogP contribution >= 0.6 is 0 Å². The quantitative estimate of drug-likeness (QED) is 0.302. The number of benzene rings is 2. The van der Waals surface area contributed by atoms with Crippen LogP contribution in [0.1, 0.15) is 25.7 Å². The maximum absolute atomic E-state index is 13.6. The first kappa shape index (κ1) is 26.7. The van der Waals surface area contributed by atoms with Crippen LogP contribution in [0.3, 0.4) is 0 Å². The highest BCUT2D eigenvalue weighted by Crippen LogP contribution is 2.35. The first-order valence-electron chi connectivity index (χ1n) is 15.4. The summed E-state index contributed by atoms with van der Waals surface area (Å²) in [5, 5.41) is 4.92. The van der Waals surface area contributed by atoms with Gasteiger partial charge < -0.3 is 24.4 Å². The fourth-order valence-electron chi connectivity index (χ4n) is 6.60. The largest absolute Gasteiger partial charge is 0.482 e. The van der Waals surface area contributed by atoms with E-state index < -0.39 is 0 Å². The maximum atomic E-state index is 13.6. The second-order valence-corrected chi connectivity index (χ2v) is 11.7. The lowest BCUT2D eigenvalue weighted by molar-refractivity contribution is -0.121. The molecule has 44 heavy (non-hydrogen) atoms. The molecule has 8 rings (SSSR count). The van der Waals surface area contributed by atoms with Crippen LogP contribution in [0.15, 0.2) is 71.8 Å². The van der Waals surface area contributed by atoms with E-state index in [-0.39, 0.29) is 18.1 Å². The Morgan fingerprint density at radius 2 is 1.84 bits per heavy atom. The van der Waals surface area contributed by atoms with Gasteiger partial charge in [0.05, 0.1) is 17.9 Å². The molecule has 1 fully saturated rings. The summed E-state index contributed by atoms with van der Waals surface area (Å²) in [6, 6.07) is 14.1. The van der Waals surface area contributed by atoms with Gasteiger partial charge in [0, 0.05) is 48.6 Å². The standard InChI is InChI=1S/C33H34N8O3/c42-30-22-44-29-10-8-25-20-28(29)39(30)14-3-1-2-4-15-40-32(43)26-21-34-33(36-31(26)41(25)40)35-24-7-9-27-23(19-24)11-16-38(27)18-17-37-12-5-6-13-37/h2,4,7-11,16,19-21H,1,3,5-6,12-15,17-18,22H2,(H,34,35,36)/b4-2-. The van der Waals surface area contributed by atoms with Gasteiger partial charge in [-0.25, -0.2) is 14.3 Å². The number of fused-ring (bicyclic) bond motifs is 6. The van der Waals surface area contributed by atoms with Crippen LogP contribution in [-0.2, 0) is 17.9 Å². The zero-order valence-electron chi connectivity index (χ0n) is 24.5. The van der Waals surface area contributed by atoms with Crippen molar-refractivity contribution in [2.75, 3.05) is 43.0 Å². The normalized spacial score (nSPS) is 17.7. The van der Waals surface area contributed by atoms with Gasteiger partial charge in [-0.3, -0.25) is 9.59 Å². The van der Waals surface area contributed by atoms with Crippen LogP contribution in [0.5, 0.6) is 5.75 Å². The Hall–Kier alpha value is -4.90. The van der Waals surface area contributed by atoms with E-state index in [1.807, 2.05) is 35.0 Å². The zero-order chi connectivity index (χ0) is 29.6. The second kappa shape index (κ2) is 11.0. The third kappa shape index (κ3) is 4.73. The molecule has 0 spiro atoms. The Morgan fingerprint density at radius 3 is 2.75 bits per heavy atom. The summed E-state index contributed by atoms with van der Waals surface area (Å²) in [7, 11) is 0. The number of carbonyl (C=O) groups is 1. The molecule has 3 aliphatic heterocycles. The van der Waals surface area contributed by atoms with E-state index in [0.29, 0.717) is 41.5 Å². The van der Waals surface area contributed by atoms with Crippen molar-refractivity contribution >= 4 is 45.2 Å². The molecule has 0 unspecified atom stereocenters. The summed E-state index contributed by atoms with van der Waals surface area (Å²) in [4.78, 5) is 40.1. The lowest BCUT2D eigenvalue weighted by atomic mass is 10.1. The molecule has 1 N–H and O–H groups in total. The van der Waals surface area contributed by atoms with Crippen molar-refractivity contribution < 1.29 is 9.53 Å². The summed E-state index contributed by atoms with van der Waals surface area (Å²) in [6.45, 7) is 5.46. The number of anilines is 3. The fraction of sp³-hybridized carbons (Fsp3) is 0.333. The van der Waals surface area contributed by atoms with Gasteiger partial charge in [0.15, 0.2) is 12.3 Å². The van der Waals surface area contributed by atoms with Crippen molar-refractivity contribution in [3.63, 3.8) is 0 Å². The van der Waals surface area contributed by atoms with Gasteiger partial charge in [0.25, 0.3) is 11.5 Å². The molecule has 5 aromatic rings. The molecule has 1 saturated heterocycles. The smallest absolute Gasteiger partial charge is 0.278 e. The van der Waals surface area contributed by atoms with Crippen molar-refractivity contribution in [3.8, 4) is 11.4 Å². The number of nitrogens with one attached hydrogen (secondary N) is 1. The number of likely N-dealkylation sites (tertiary alicyclic amines) is 1. The van der Waals surface area contributed by atoms with E-state index in [2.05, 4.69) is 50.2 Å². The van der Waals surface area contributed by atoms with Crippen molar-refractivity contribution in [2.24, 2.45) is 0 Å². The first-order chi connectivity index (χ1) is 21.6. The highest BCUT2D eigenvalue weighted by atomic mass is 16.5. The van der Waals surface area contributed by atoms with E-state index >= 15 is 0 Å². The Labute approximate surface area is 253 Å².